The first kappa shape index (κ1) is 19.3. The summed E-state index contributed by atoms with van der Waals surface area (Å²) in [5.74, 6) is 0.974. The van der Waals surface area contributed by atoms with E-state index in [-0.39, 0.29) is 5.92 Å². The summed E-state index contributed by atoms with van der Waals surface area (Å²) in [5.41, 5.74) is 10.5. The number of aromatic nitrogens is 4. The molecule has 0 radical (unpaired) electrons. The Hall–Kier alpha value is -3.03. The number of rotatable bonds is 6. The highest BCUT2D eigenvalue weighted by molar-refractivity contribution is 6.07. The highest BCUT2D eigenvalue weighted by Gasteiger charge is 2.23. The van der Waals surface area contributed by atoms with Crippen LogP contribution in [0.2, 0.25) is 0 Å². The second-order valence-corrected chi connectivity index (χ2v) is 7.35. The second kappa shape index (κ2) is 7.77. The van der Waals surface area contributed by atoms with Gasteiger partial charge in [-0.25, -0.2) is 9.97 Å². The van der Waals surface area contributed by atoms with E-state index in [2.05, 4.69) is 15.0 Å². The molecule has 4 rings (SSSR count). The topological polar surface area (TPSA) is 99.1 Å². The molecular weight excluding hydrogens is 366 g/mol. The lowest BCUT2D eigenvalue weighted by Crippen LogP contribution is -2.18. The van der Waals surface area contributed by atoms with Crippen molar-refractivity contribution in [1.29, 1.82) is 0 Å². The van der Waals surface area contributed by atoms with Crippen LogP contribution in [0.5, 0.6) is 0 Å². The second-order valence-electron chi connectivity index (χ2n) is 7.35. The van der Waals surface area contributed by atoms with Crippen molar-refractivity contribution < 1.29 is 9.84 Å². The number of nitrogens with two attached hydrogens (primary N) is 1. The Bertz CT molecular complexity index is 1150. The van der Waals surface area contributed by atoms with E-state index in [0.29, 0.717) is 30.4 Å². The third-order valence-corrected chi connectivity index (χ3v) is 5.03. The summed E-state index contributed by atoms with van der Waals surface area (Å²) in [6, 6.07) is 9.96. The van der Waals surface area contributed by atoms with Crippen LogP contribution in [0.3, 0.4) is 0 Å². The zero-order valence-corrected chi connectivity index (χ0v) is 16.8. The highest BCUT2D eigenvalue weighted by atomic mass is 16.5. The Kier molecular flexibility index (Phi) is 5.17. The third-order valence-electron chi connectivity index (χ3n) is 5.03. The van der Waals surface area contributed by atoms with E-state index in [1.54, 1.807) is 12.4 Å². The largest absolute Gasteiger partial charge is 0.382 e. The molecule has 3 heterocycles. The van der Waals surface area contributed by atoms with Crippen LogP contribution in [0.4, 0.5) is 5.82 Å². The maximum Gasteiger partial charge on any atom is 0.152 e. The van der Waals surface area contributed by atoms with Gasteiger partial charge in [0, 0.05) is 24.4 Å². The minimum atomic E-state index is -0.750. The number of nitrogens with zero attached hydrogens (tertiary/aromatic N) is 4. The van der Waals surface area contributed by atoms with Crippen molar-refractivity contribution >= 4 is 27.8 Å². The van der Waals surface area contributed by atoms with Crippen molar-refractivity contribution in [3.63, 3.8) is 0 Å². The lowest BCUT2D eigenvalue weighted by Gasteiger charge is -2.20. The van der Waals surface area contributed by atoms with E-state index >= 15 is 0 Å². The zero-order chi connectivity index (χ0) is 20.5. The van der Waals surface area contributed by atoms with Crippen LogP contribution in [-0.2, 0) is 11.3 Å². The Balaban J connectivity index is 1.99. The number of hydrogen-bond acceptors (Lipinski definition) is 6. The minimum Gasteiger partial charge on any atom is -0.382 e. The lowest BCUT2D eigenvalue weighted by atomic mass is 10.0. The summed E-state index contributed by atoms with van der Waals surface area (Å²) in [5, 5.41) is 11.8. The predicted molar refractivity (Wildman–Crippen MR) is 114 cm³/mol. The number of aliphatic hydroxyl groups is 1. The SMILES string of the molecule is CCOCc1nc2c(N)nc3cc(-c4ccncc4)ccc3c2n1C(O)C(C)C. The molecule has 7 nitrogen and oxygen atoms in total. The van der Waals surface area contributed by atoms with Crippen molar-refractivity contribution in [2.75, 3.05) is 12.3 Å². The number of nitrogen functional groups attached to an aromatic ring is 1. The van der Waals surface area contributed by atoms with Gasteiger partial charge in [0.05, 0.1) is 11.0 Å². The van der Waals surface area contributed by atoms with Crippen LogP contribution in [0, 0.1) is 5.92 Å². The Morgan fingerprint density at radius 2 is 1.86 bits per heavy atom. The Labute approximate surface area is 169 Å². The summed E-state index contributed by atoms with van der Waals surface area (Å²) in [4.78, 5) is 13.3. The number of pyridine rings is 2. The van der Waals surface area contributed by atoms with E-state index < -0.39 is 6.23 Å². The molecule has 3 aromatic heterocycles. The van der Waals surface area contributed by atoms with Crippen LogP contribution >= 0.6 is 0 Å². The highest BCUT2D eigenvalue weighted by Crippen LogP contribution is 2.34. The number of fused-ring (bicyclic) bond motifs is 3. The van der Waals surface area contributed by atoms with Gasteiger partial charge in [0.2, 0.25) is 0 Å². The number of anilines is 1. The van der Waals surface area contributed by atoms with Crippen LogP contribution in [0.25, 0.3) is 33.1 Å². The summed E-state index contributed by atoms with van der Waals surface area (Å²) in [7, 11) is 0. The summed E-state index contributed by atoms with van der Waals surface area (Å²) in [6.45, 7) is 6.72. The molecule has 0 amide bonds. The van der Waals surface area contributed by atoms with Crippen molar-refractivity contribution in [2.24, 2.45) is 5.92 Å². The molecule has 4 aromatic rings. The van der Waals surface area contributed by atoms with E-state index in [0.717, 1.165) is 27.5 Å². The van der Waals surface area contributed by atoms with E-state index in [4.69, 9.17) is 10.5 Å². The Morgan fingerprint density at radius 3 is 2.55 bits per heavy atom. The van der Waals surface area contributed by atoms with Gasteiger partial charge in [-0.1, -0.05) is 26.0 Å². The van der Waals surface area contributed by atoms with Crippen LogP contribution < -0.4 is 5.73 Å². The van der Waals surface area contributed by atoms with Gasteiger partial charge < -0.3 is 15.6 Å². The fourth-order valence-corrected chi connectivity index (χ4v) is 3.52. The summed E-state index contributed by atoms with van der Waals surface area (Å²) < 4.78 is 7.42. The lowest BCUT2D eigenvalue weighted by molar-refractivity contribution is 0.0480. The van der Waals surface area contributed by atoms with E-state index in [1.165, 1.54) is 0 Å². The van der Waals surface area contributed by atoms with Gasteiger partial charge in [0.25, 0.3) is 0 Å². The van der Waals surface area contributed by atoms with Crippen LogP contribution in [0.15, 0.2) is 42.7 Å². The zero-order valence-electron chi connectivity index (χ0n) is 16.8. The van der Waals surface area contributed by atoms with Gasteiger partial charge in [0.1, 0.15) is 24.2 Å². The van der Waals surface area contributed by atoms with Gasteiger partial charge in [-0.05, 0) is 42.2 Å². The molecule has 7 heteroatoms. The van der Waals surface area contributed by atoms with Crippen LogP contribution in [0.1, 0.15) is 32.8 Å². The standard InChI is InChI=1S/C22H25N5O2/c1-4-29-12-18-26-19-20(27(18)22(28)13(2)3)16-6-5-15(11-17(16)25-21(19)23)14-7-9-24-10-8-14/h5-11,13,22,28H,4,12H2,1-3H3,(H2,23,25). The number of aliphatic hydroxyl groups excluding tert-OH is 1. The third kappa shape index (κ3) is 3.43. The fraction of sp³-hybridized carbons (Fsp3) is 0.318. The number of benzene rings is 1. The molecule has 0 saturated carbocycles. The van der Waals surface area contributed by atoms with Crippen molar-refractivity contribution in [1.82, 2.24) is 19.5 Å². The Morgan fingerprint density at radius 1 is 1.10 bits per heavy atom. The van der Waals surface area contributed by atoms with Crippen molar-refractivity contribution in [3.8, 4) is 11.1 Å². The van der Waals surface area contributed by atoms with Crippen molar-refractivity contribution in [3.05, 3.63) is 48.5 Å². The minimum absolute atomic E-state index is 0.00620. The molecule has 29 heavy (non-hydrogen) atoms. The normalized spacial score (nSPS) is 12.9. The number of imidazole rings is 1. The monoisotopic (exact) mass is 391 g/mol. The van der Waals surface area contributed by atoms with E-state index in [9.17, 15) is 5.11 Å². The van der Waals surface area contributed by atoms with Gasteiger partial charge >= 0.3 is 0 Å². The van der Waals surface area contributed by atoms with E-state index in [1.807, 2.05) is 55.7 Å². The molecule has 1 atom stereocenters. The molecule has 1 unspecified atom stereocenters. The summed E-state index contributed by atoms with van der Waals surface area (Å²) >= 11 is 0. The summed E-state index contributed by atoms with van der Waals surface area (Å²) in [6.07, 6.45) is 2.78. The predicted octanol–water partition coefficient (Wildman–Crippen LogP) is 3.91. The number of ether oxygens (including phenoxy) is 1. The number of hydrogen-bond donors (Lipinski definition) is 2. The average Bonchev–Trinajstić information content (AvgIpc) is 3.12. The first-order chi connectivity index (χ1) is 14.0. The molecule has 0 spiro atoms. The first-order valence-corrected chi connectivity index (χ1v) is 9.77. The molecule has 150 valence electrons. The van der Waals surface area contributed by atoms with Gasteiger partial charge in [0.15, 0.2) is 5.82 Å². The molecule has 0 aliphatic carbocycles. The molecule has 0 bridgehead atoms. The fourth-order valence-electron chi connectivity index (χ4n) is 3.52. The molecule has 0 saturated heterocycles. The van der Waals surface area contributed by atoms with Crippen molar-refractivity contribution in [2.45, 2.75) is 33.6 Å². The smallest absolute Gasteiger partial charge is 0.152 e. The molecule has 0 aliphatic rings. The van der Waals surface area contributed by atoms with Gasteiger partial charge in [-0.15, -0.1) is 0 Å². The van der Waals surface area contributed by atoms with Crippen LogP contribution in [-0.4, -0.2) is 31.2 Å². The van der Waals surface area contributed by atoms with Gasteiger partial charge in [-0.2, -0.15) is 0 Å². The molecule has 3 N–H and O–H groups in total. The maximum absolute atomic E-state index is 10.9. The van der Waals surface area contributed by atoms with Gasteiger partial charge in [-0.3, -0.25) is 9.55 Å². The average molecular weight is 391 g/mol. The molecular formula is C22H25N5O2. The molecule has 1 aromatic carbocycles. The molecule has 0 fully saturated rings. The first-order valence-electron chi connectivity index (χ1n) is 9.77. The maximum atomic E-state index is 10.9. The quantitative estimate of drug-likeness (QED) is 0.517. The molecule has 0 aliphatic heterocycles.